The third-order valence-electron chi connectivity index (χ3n) is 4.75. The molecule has 0 saturated carbocycles. The molecule has 0 bridgehead atoms. The van der Waals surface area contributed by atoms with Gasteiger partial charge in [-0.05, 0) is 47.5 Å². The van der Waals surface area contributed by atoms with Crippen molar-refractivity contribution in [2.75, 3.05) is 20.2 Å². The van der Waals surface area contributed by atoms with E-state index < -0.39 is 0 Å². The maximum atomic E-state index is 5.37. The second kappa shape index (κ2) is 6.35. The van der Waals surface area contributed by atoms with Crippen LogP contribution in [0.3, 0.4) is 0 Å². The lowest BCUT2D eigenvalue weighted by Gasteiger charge is -2.10. The fraction of sp³-hybridized carbons (Fsp3) is 0.250. The molecule has 0 spiro atoms. The molecule has 0 fully saturated rings. The van der Waals surface area contributed by atoms with Crippen LogP contribution in [0.5, 0.6) is 5.75 Å². The Morgan fingerprint density at radius 2 is 2.08 bits per heavy atom. The summed E-state index contributed by atoms with van der Waals surface area (Å²) in [6.07, 6.45) is 5.46. The number of aromatic nitrogens is 2. The van der Waals surface area contributed by atoms with Gasteiger partial charge in [0.1, 0.15) is 12.3 Å². The molecule has 0 unspecified atom stereocenters. The van der Waals surface area contributed by atoms with E-state index in [1.165, 1.54) is 27.3 Å². The normalized spacial score (nSPS) is 11.6. The van der Waals surface area contributed by atoms with Gasteiger partial charge in [0.15, 0.2) is 0 Å². The molecule has 128 valence electrons. The number of hydrogen-bond acceptors (Lipinski definition) is 2. The lowest BCUT2D eigenvalue weighted by atomic mass is 10.0. The van der Waals surface area contributed by atoms with Crippen LogP contribution in [0.2, 0.25) is 0 Å². The number of fused-ring (bicyclic) bond motifs is 5. The van der Waals surface area contributed by atoms with Crippen molar-refractivity contribution in [3.05, 3.63) is 48.3 Å². The van der Waals surface area contributed by atoms with Crippen LogP contribution in [-0.2, 0) is 0 Å². The van der Waals surface area contributed by atoms with Gasteiger partial charge in [-0.2, -0.15) is 0 Å². The first kappa shape index (κ1) is 15.9. The summed E-state index contributed by atoms with van der Waals surface area (Å²) >= 11 is 0. The Kier molecular flexibility index (Phi) is 4.03. The van der Waals surface area contributed by atoms with Crippen LogP contribution in [-0.4, -0.2) is 29.9 Å². The number of aryl methyl sites for hydroxylation is 1. The van der Waals surface area contributed by atoms with Crippen molar-refractivity contribution in [1.29, 1.82) is 0 Å². The molecular weight excluding hydrogens is 312 g/mol. The van der Waals surface area contributed by atoms with Crippen molar-refractivity contribution in [3.63, 3.8) is 0 Å². The molecule has 5 heteroatoms. The third-order valence-corrected chi connectivity index (χ3v) is 4.75. The first-order valence-electron chi connectivity index (χ1n) is 8.72. The highest BCUT2D eigenvalue weighted by atomic mass is 16.5. The van der Waals surface area contributed by atoms with Gasteiger partial charge >= 0.3 is 0 Å². The minimum absolute atomic E-state index is 0.878. The SMILES string of the molecule is COc1ccc2c(ccc3nc4c(C)cn([NH2+]CCC[NH3+])cc-4c32)c1. The number of methoxy groups -OCH3 is 1. The van der Waals surface area contributed by atoms with Crippen LogP contribution >= 0.6 is 0 Å². The molecule has 25 heavy (non-hydrogen) atoms. The Bertz CT molecular complexity index is 1020. The van der Waals surface area contributed by atoms with Gasteiger partial charge in [0, 0.05) is 17.4 Å². The maximum absolute atomic E-state index is 5.37. The molecule has 0 atom stereocenters. The monoisotopic (exact) mass is 336 g/mol. The first-order valence-corrected chi connectivity index (χ1v) is 8.72. The summed E-state index contributed by atoms with van der Waals surface area (Å²) in [5, 5.41) is 3.61. The fourth-order valence-electron chi connectivity index (χ4n) is 3.49. The molecule has 4 rings (SSSR count). The molecular formula is C20H24N4O+2. The fourth-order valence-corrected chi connectivity index (χ4v) is 3.49. The summed E-state index contributed by atoms with van der Waals surface area (Å²) in [6, 6.07) is 10.5. The third kappa shape index (κ3) is 2.71. The highest BCUT2D eigenvalue weighted by molar-refractivity contribution is 6.14. The van der Waals surface area contributed by atoms with E-state index >= 15 is 0 Å². The lowest BCUT2D eigenvalue weighted by Crippen LogP contribution is -2.88. The van der Waals surface area contributed by atoms with E-state index in [-0.39, 0.29) is 0 Å². The molecule has 2 aromatic rings. The van der Waals surface area contributed by atoms with Crippen LogP contribution in [0.1, 0.15) is 12.0 Å². The second-order valence-corrected chi connectivity index (χ2v) is 6.49. The molecule has 0 aliphatic carbocycles. The number of nitrogens with zero attached hydrogens (tertiary/aromatic N) is 2. The molecule has 5 N–H and O–H groups in total. The molecule has 0 saturated heterocycles. The number of pyridine rings is 1. The average molecular weight is 336 g/mol. The van der Waals surface area contributed by atoms with Gasteiger partial charge in [-0.3, -0.25) is 0 Å². The highest BCUT2D eigenvalue weighted by Gasteiger charge is 2.18. The van der Waals surface area contributed by atoms with Gasteiger partial charge in [0.25, 0.3) is 0 Å². The van der Waals surface area contributed by atoms with E-state index in [9.17, 15) is 0 Å². The Hall–Kier alpha value is -2.63. The van der Waals surface area contributed by atoms with Gasteiger partial charge < -0.3 is 10.5 Å². The van der Waals surface area contributed by atoms with E-state index in [1.807, 2.05) is 6.07 Å². The zero-order chi connectivity index (χ0) is 17.4. The molecule has 0 radical (unpaired) electrons. The Morgan fingerprint density at radius 3 is 2.88 bits per heavy atom. The molecule has 2 aliphatic rings. The van der Waals surface area contributed by atoms with E-state index in [1.54, 1.807) is 7.11 Å². The number of benzene rings is 2. The predicted molar refractivity (Wildman–Crippen MR) is 99.7 cm³/mol. The summed E-state index contributed by atoms with van der Waals surface area (Å²) in [5.41, 5.74) is 10.7. The smallest absolute Gasteiger partial charge is 0.119 e. The molecule has 2 aromatic carbocycles. The molecule has 2 aliphatic heterocycles. The van der Waals surface area contributed by atoms with Gasteiger partial charge in [0.05, 0.1) is 37.3 Å². The minimum atomic E-state index is 0.878. The summed E-state index contributed by atoms with van der Waals surface area (Å²) in [5.74, 6) is 0.878. The standard InChI is InChI=1S/C20H22N4O/c1-13-11-24(22-9-3-8-21)12-17-19-16-6-5-15(25-2)10-14(16)4-7-18(19)23-20(13)17/h4-7,10-12,22H,3,8-9,21H2,1-2H3/p+2. The largest absolute Gasteiger partial charge is 0.497 e. The number of nitrogens with two attached hydrogens (primary N) is 1. The van der Waals surface area contributed by atoms with Crippen molar-refractivity contribution in [1.82, 2.24) is 9.66 Å². The van der Waals surface area contributed by atoms with Crippen molar-refractivity contribution in [3.8, 4) is 17.0 Å². The maximum Gasteiger partial charge on any atom is 0.119 e. The van der Waals surface area contributed by atoms with E-state index in [0.29, 0.717) is 0 Å². The van der Waals surface area contributed by atoms with Crippen molar-refractivity contribution in [2.45, 2.75) is 13.3 Å². The molecule has 2 heterocycles. The summed E-state index contributed by atoms with van der Waals surface area (Å²) in [7, 11) is 1.70. The van der Waals surface area contributed by atoms with Gasteiger partial charge in [-0.25, -0.2) is 15.1 Å². The molecule has 0 amide bonds. The molecule has 5 nitrogen and oxygen atoms in total. The Morgan fingerprint density at radius 1 is 1.20 bits per heavy atom. The molecule has 0 aromatic heterocycles. The van der Waals surface area contributed by atoms with Crippen molar-refractivity contribution >= 4 is 21.7 Å². The van der Waals surface area contributed by atoms with E-state index in [0.717, 1.165) is 36.5 Å². The summed E-state index contributed by atoms with van der Waals surface area (Å²) < 4.78 is 7.54. The zero-order valence-electron chi connectivity index (χ0n) is 14.7. The Labute approximate surface area is 146 Å². The van der Waals surface area contributed by atoms with Crippen molar-refractivity contribution < 1.29 is 15.9 Å². The van der Waals surface area contributed by atoms with Crippen LogP contribution in [0, 0.1) is 6.92 Å². The zero-order valence-corrected chi connectivity index (χ0v) is 14.7. The summed E-state index contributed by atoms with van der Waals surface area (Å²) in [4.78, 5) is 4.88. The number of ether oxygens (including phenoxy) is 1. The van der Waals surface area contributed by atoms with E-state index in [2.05, 4.69) is 59.4 Å². The first-order chi connectivity index (χ1) is 12.2. The lowest BCUT2D eigenvalue weighted by molar-refractivity contribution is -0.711. The quantitative estimate of drug-likeness (QED) is 0.429. The predicted octanol–water partition coefficient (Wildman–Crippen LogP) is 1.57. The topological polar surface area (TPSA) is 71.3 Å². The second-order valence-electron chi connectivity index (χ2n) is 6.49. The minimum Gasteiger partial charge on any atom is -0.497 e. The van der Waals surface area contributed by atoms with Gasteiger partial charge in [-0.1, -0.05) is 6.07 Å². The highest BCUT2D eigenvalue weighted by Crippen LogP contribution is 2.38. The van der Waals surface area contributed by atoms with Gasteiger partial charge in [-0.15, -0.1) is 0 Å². The van der Waals surface area contributed by atoms with Crippen LogP contribution in [0.25, 0.3) is 32.9 Å². The number of quaternary nitrogens is 2. The average Bonchev–Trinajstić information content (AvgIpc) is 3.01. The van der Waals surface area contributed by atoms with E-state index in [4.69, 9.17) is 9.72 Å². The number of rotatable bonds is 5. The summed E-state index contributed by atoms with van der Waals surface area (Å²) in [6.45, 7) is 4.12. The van der Waals surface area contributed by atoms with Gasteiger partial charge in [0.2, 0.25) is 0 Å². The van der Waals surface area contributed by atoms with Crippen LogP contribution < -0.4 is 15.9 Å². The van der Waals surface area contributed by atoms with Crippen LogP contribution in [0.15, 0.2) is 42.7 Å². The van der Waals surface area contributed by atoms with Crippen LogP contribution in [0.4, 0.5) is 0 Å². The number of hydrogen-bond donors (Lipinski definition) is 2. The Balaban J connectivity index is 1.93. The van der Waals surface area contributed by atoms with Crippen molar-refractivity contribution in [2.24, 2.45) is 0 Å².